The summed E-state index contributed by atoms with van der Waals surface area (Å²) in [5.41, 5.74) is 1.31. The molecule has 18 heavy (non-hydrogen) atoms. The molecule has 0 amide bonds. The van der Waals surface area contributed by atoms with Gasteiger partial charge in [-0.25, -0.2) is 0 Å². The van der Waals surface area contributed by atoms with Crippen LogP contribution in [0.5, 0.6) is 0 Å². The van der Waals surface area contributed by atoms with Gasteiger partial charge in [0, 0.05) is 30.1 Å². The fourth-order valence-corrected chi connectivity index (χ4v) is 2.43. The van der Waals surface area contributed by atoms with Crippen molar-refractivity contribution in [1.82, 2.24) is 10.2 Å². The monoisotopic (exact) mass is 312 g/mol. The van der Waals surface area contributed by atoms with E-state index in [1.807, 2.05) is 0 Å². The molecule has 0 aromatic heterocycles. The average Bonchev–Trinajstić information content (AvgIpc) is 2.37. The maximum atomic E-state index is 5.74. The molecule has 0 radical (unpaired) electrons. The molecule has 1 aromatic carbocycles. The lowest BCUT2D eigenvalue weighted by atomic mass is 10.1. The van der Waals surface area contributed by atoms with Gasteiger partial charge in [-0.05, 0) is 31.7 Å². The van der Waals surface area contributed by atoms with Crippen molar-refractivity contribution in [3.8, 4) is 0 Å². The zero-order valence-electron chi connectivity index (χ0n) is 11.0. The number of nitrogens with one attached hydrogen (secondary N) is 1. The van der Waals surface area contributed by atoms with Crippen LogP contribution in [0.15, 0.2) is 28.7 Å². The molecular weight excluding hydrogens is 292 g/mol. The number of benzene rings is 1. The molecule has 1 unspecified atom stereocenters. The average molecular weight is 313 g/mol. The van der Waals surface area contributed by atoms with Gasteiger partial charge in [0.1, 0.15) is 0 Å². The van der Waals surface area contributed by atoms with E-state index < -0.39 is 0 Å². The van der Waals surface area contributed by atoms with E-state index in [0.717, 1.165) is 30.7 Å². The number of morpholine rings is 1. The molecule has 0 saturated carbocycles. The Kier molecular flexibility index (Phi) is 5.18. The Morgan fingerprint density at radius 3 is 2.83 bits per heavy atom. The Morgan fingerprint density at radius 1 is 1.44 bits per heavy atom. The van der Waals surface area contributed by atoms with Crippen molar-refractivity contribution in [1.29, 1.82) is 0 Å². The topological polar surface area (TPSA) is 24.5 Å². The molecule has 1 saturated heterocycles. The first kappa shape index (κ1) is 14.0. The van der Waals surface area contributed by atoms with Crippen molar-refractivity contribution in [2.24, 2.45) is 0 Å². The number of likely N-dealkylation sites (N-methyl/N-ethyl adjacent to an activating group) is 1. The van der Waals surface area contributed by atoms with Crippen LogP contribution in [0.2, 0.25) is 0 Å². The van der Waals surface area contributed by atoms with Crippen LogP contribution in [0.3, 0.4) is 0 Å². The highest BCUT2D eigenvalue weighted by Crippen LogP contribution is 2.16. The molecule has 1 aliphatic heterocycles. The third-order valence-electron chi connectivity index (χ3n) is 3.36. The molecule has 4 heteroatoms. The van der Waals surface area contributed by atoms with Gasteiger partial charge in [0.15, 0.2) is 0 Å². The van der Waals surface area contributed by atoms with Gasteiger partial charge in [-0.3, -0.25) is 0 Å². The van der Waals surface area contributed by atoms with Gasteiger partial charge in [-0.15, -0.1) is 0 Å². The molecule has 0 spiro atoms. The van der Waals surface area contributed by atoms with Crippen molar-refractivity contribution in [3.63, 3.8) is 0 Å². The molecule has 1 aromatic rings. The second kappa shape index (κ2) is 6.66. The van der Waals surface area contributed by atoms with E-state index in [2.05, 4.69) is 64.4 Å². The molecular formula is C14H21BrN2O. The fraction of sp³-hybridized carbons (Fsp3) is 0.571. The van der Waals surface area contributed by atoms with E-state index in [0.29, 0.717) is 12.1 Å². The zero-order valence-corrected chi connectivity index (χ0v) is 12.6. The highest BCUT2D eigenvalue weighted by molar-refractivity contribution is 9.10. The molecule has 1 aliphatic rings. The zero-order chi connectivity index (χ0) is 13.0. The standard InChI is InChI=1S/C14H21BrN2O/c1-11(12-3-5-13(15)6-4-12)16-9-14-10-17(2)7-8-18-14/h3-6,11,14,16H,7-10H2,1-2H3/t11-,14?/m0/s1. The van der Waals surface area contributed by atoms with Gasteiger partial charge in [0.05, 0.1) is 12.7 Å². The number of hydrogen-bond acceptors (Lipinski definition) is 3. The van der Waals surface area contributed by atoms with Crippen LogP contribution in [0.4, 0.5) is 0 Å². The summed E-state index contributed by atoms with van der Waals surface area (Å²) in [6, 6.07) is 8.82. The van der Waals surface area contributed by atoms with Crippen molar-refractivity contribution >= 4 is 15.9 Å². The molecule has 2 atom stereocenters. The summed E-state index contributed by atoms with van der Waals surface area (Å²) in [6.45, 7) is 5.99. The van der Waals surface area contributed by atoms with E-state index in [9.17, 15) is 0 Å². The SMILES string of the molecule is C[C@H](NCC1CN(C)CCO1)c1ccc(Br)cc1. The predicted molar refractivity (Wildman–Crippen MR) is 77.8 cm³/mol. The summed E-state index contributed by atoms with van der Waals surface area (Å²) in [4.78, 5) is 2.32. The first-order valence-electron chi connectivity index (χ1n) is 6.44. The molecule has 1 N–H and O–H groups in total. The van der Waals surface area contributed by atoms with E-state index in [1.54, 1.807) is 0 Å². The smallest absolute Gasteiger partial charge is 0.0826 e. The minimum absolute atomic E-state index is 0.307. The number of halogens is 1. The fourth-order valence-electron chi connectivity index (χ4n) is 2.17. The van der Waals surface area contributed by atoms with Crippen LogP contribution < -0.4 is 5.32 Å². The summed E-state index contributed by atoms with van der Waals surface area (Å²) in [7, 11) is 2.15. The third-order valence-corrected chi connectivity index (χ3v) is 3.89. The van der Waals surface area contributed by atoms with E-state index in [-0.39, 0.29) is 0 Å². The van der Waals surface area contributed by atoms with Gasteiger partial charge in [-0.1, -0.05) is 28.1 Å². The van der Waals surface area contributed by atoms with Gasteiger partial charge >= 0.3 is 0 Å². The Morgan fingerprint density at radius 2 is 2.17 bits per heavy atom. The number of hydrogen-bond donors (Lipinski definition) is 1. The summed E-state index contributed by atoms with van der Waals surface area (Å²) in [6.07, 6.45) is 0.307. The van der Waals surface area contributed by atoms with Crippen molar-refractivity contribution < 1.29 is 4.74 Å². The lowest BCUT2D eigenvalue weighted by molar-refractivity contribution is -0.0190. The van der Waals surface area contributed by atoms with Crippen LogP contribution in [0.1, 0.15) is 18.5 Å². The Hall–Kier alpha value is -0.420. The summed E-state index contributed by atoms with van der Waals surface area (Å²) >= 11 is 3.46. The lowest BCUT2D eigenvalue weighted by Gasteiger charge is -2.31. The van der Waals surface area contributed by atoms with E-state index >= 15 is 0 Å². The Bertz CT molecular complexity index is 369. The number of nitrogens with zero attached hydrogens (tertiary/aromatic N) is 1. The van der Waals surface area contributed by atoms with E-state index in [4.69, 9.17) is 4.74 Å². The first-order chi connectivity index (χ1) is 8.65. The minimum Gasteiger partial charge on any atom is -0.374 e. The summed E-state index contributed by atoms with van der Waals surface area (Å²) < 4.78 is 6.86. The Labute approximate surface area is 118 Å². The lowest BCUT2D eigenvalue weighted by Crippen LogP contribution is -2.45. The molecule has 1 fully saturated rings. The highest BCUT2D eigenvalue weighted by Gasteiger charge is 2.18. The third kappa shape index (κ3) is 4.05. The van der Waals surface area contributed by atoms with Crippen molar-refractivity contribution in [3.05, 3.63) is 34.3 Å². The quantitative estimate of drug-likeness (QED) is 0.924. The molecule has 0 aliphatic carbocycles. The molecule has 0 bridgehead atoms. The maximum absolute atomic E-state index is 5.74. The molecule has 2 rings (SSSR count). The van der Waals surface area contributed by atoms with Gasteiger partial charge < -0.3 is 15.0 Å². The summed E-state index contributed by atoms with van der Waals surface area (Å²) in [5, 5.41) is 3.54. The predicted octanol–water partition coefficient (Wildman–Crippen LogP) is 2.43. The van der Waals surface area contributed by atoms with Crippen molar-refractivity contribution in [2.75, 3.05) is 33.3 Å². The molecule has 1 heterocycles. The van der Waals surface area contributed by atoms with Crippen molar-refractivity contribution in [2.45, 2.75) is 19.1 Å². The van der Waals surface area contributed by atoms with Crippen LogP contribution in [0.25, 0.3) is 0 Å². The number of ether oxygens (including phenoxy) is 1. The number of rotatable bonds is 4. The summed E-state index contributed by atoms with van der Waals surface area (Å²) in [5.74, 6) is 0. The van der Waals surface area contributed by atoms with Gasteiger partial charge in [0.25, 0.3) is 0 Å². The van der Waals surface area contributed by atoms with E-state index in [1.165, 1.54) is 5.56 Å². The van der Waals surface area contributed by atoms with Crippen LogP contribution >= 0.6 is 15.9 Å². The molecule has 100 valence electrons. The largest absolute Gasteiger partial charge is 0.374 e. The highest BCUT2D eigenvalue weighted by atomic mass is 79.9. The second-order valence-corrected chi connectivity index (χ2v) is 5.85. The van der Waals surface area contributed by atoms with Crippen LogP contribution in [-0.4, -0.2) is 44.3 Å². The normalized spacial score (nSPS) is 22.9. The van der Waals surface area contributed by atoms with Crippen LogP contribution in [-0.2, 0) is 4.74 Å². The minimum atomic E-state index is 0.307. The first-order valence-corrected chi connectivity index (χ1v) is 7.23. The van der Waals surface area contributed by atoms with Crippen LogP contribution in [0, 0.1) is 0 Å². The van der Waals surface area contributed by atoms with Gasteiger partial charge in [-0.2, -0.15) is 0 Å². The maximum Gasteiger partial charge on any atom is 0.0826 e. The van der Waals surface area contributed by atoms with Gasteiger partial charge in [0.2, 0.25) is 0 Å². The molecule has 3 nitrogen and oxygen atoms in total. The Balaban J connectivity index is 1.80. The second-order valence-electron chi connectivity index (χ2n) is 4.94.